The van der Waals surface area contributed by atoms with E-state index in [-0.39, 0.29) is 30.0 Å². The van der Waals surface area contributed by atoms with Gasteiger partial charge in [0.15, 0.2) is 5.96 Å². The maximum absolute atomic E-state index is 5.66. The van der Waals surface area contributed by atoms with E-state index < -0.39 is 0 Å². The lowest BCUT2D eigenvalue weighted by atomic mass is 10.1. The van der Waals surface area contributed by atoms with E-state index in [0.29, 0.717) is 12.0 Å². The zero-order valence-electron chi connectivity index (χ0n) is 13.7. The topological polar surface area (TPSA) is 49.6 Å². The standard InChI is InChI=1S/C18H23N3O.HI/c1-12-9-10-17(22-12)13(2)20-18(19-3)21-16-11-15(16)14-7-5-4-6-8-14;/h4-10,13,15-16H,11H2,1-3H3,(H2,19,20,21);1H. The molecule has 2 aromatic rings. The molecule has 3 atom stereocenters. The number of rotatable bonds is 4. The summed E-state index contributed by atoms with van der Waals surface area (Å²) in [4.78, 5) is 4.32. The number of nitrogens with zero attached hydrogens (tertiary/aromatic N) is 1. The second kappa shape index (κ2) is 7.86. The average Bonchev–Trinajstić information content (AvgIpc) is 3.17. The Hall–Kier alpha value is -1.50. The number of aryl methyl sites for hydroxylation is 1. The zero-order chi connectivity index (χ0) is 15.5. The summed E-state index contributed by atoms with van der Waals surface area (Å²) < 4.78 is 5.66. The van der Waals surface area contributed by atoms with E-state index in [0.717, 1.165) is 23.9 Å². The largest absolute Gasteiger partial charge is 0.464 e. The zero-order valence-corrected chi connectivity index (χ0v) is 16.1. The normalized spacial score (nSPS) is 21.3. The third-order valence-corrected chi connectivity index (χ3v) is 4.11. The molecule has 1 fully saturated rings. The van der Waals surface area contributed by atoms with Gasteiger partial charge in [-0.05, 0) is 38.0 Å². The first-order valence-corrected chi connectivity index (χ1v) is 7.78. The van der Waals surface area contributed by atoms with E-state index in [1.54, 1.807) is 7.05 Å². The molecule has 0 amide bonds. The molecule has 2 N–H and O–H groups in total. The number of benzene rings is 1. The monoisotopic (exact) mass is 425 g/mol. The summed E-state index contributed by atoms with van der Waals surface area (Å²) in [7, 11) is 1.80. The third-order valence-electron chi connectivity index (χ3n) is 4.11. The number of guanidine groups is 1. The van der Waals surface area contributed by atoms with Gasteiger partial charge in [0, 0.05) is 19.0 Å². The lowest BCUT2D eigenvalue weighted by Gasteiger charge is -2.16. The molecule has 0 saturated heterocycles. The number of halogens is 1. The van der Waals surface area contributed by atoms with Crippen LogP contribution in [0.4, 0.5) is 0 Å². The molecule has 124 valence electrons. The van der Waals surface area contributed by atoms with Gasteiger partial charge < -0.3 is 15.1 Å². The molecule has 0 radical (unpaired) electrons. The Labute approximate surface area is 154 Å². The Balaban J connectivity index is 0.00000192. The van der Waals surface area contributed by atoms with Crippen LogP contribution in [0.15, 0.2) is 51.9 Å². The minimum atomic E-state index is 0. The fourth-order valence-corrected chi connectivity index (χ4v) is 2.73. The highest BCUT2D eigenvalue weighted by molar-refractivity contribution is 14.0. The highest BCUT2D eigenvalue weighted by Gasteiger charge is 2.39. The molecule has 0 aliphatic heterocycles. The molecular weight excluding hydrogens is 401 g/mol. The Kier molecular flexibility index (Phi) is 6.10. The van der Waals surface area contributed by atoms with E-state index >= 15 is 0 Å². The minimum Gasteiger partial charge on any atom is -0.464 e. The number of nitrogens with one attached hydrogen (secondary N) is 2. The van der Waals surface area contributed by atoms with Gasteiger partial charge in [0.05, 0.1) is 6.04 Å². The SMILES string of the molecule is CN=C(NC(C)c1ccc(C)o1)NC1CC1c1ccccc1.I. The third kappa shape index (κ3) is 4.50. The average molecular weight is 425 g/mol. The maximum atomic E-state index is 5.66. The van der Waals surface area contributed by atoms with Gasteiger partial charge in [0.25, 0.3) is 0 Å². The number of furan rings is 1. The molecule has 1 aromatic heterocycles. The van der Waals surface area contributed by atoms with Gasteiger partial charge in [-0.25, -0.2) is 0 Å². The van der Waals surface area contributed by atoms with Crippen molar-refractivity contribution in [2.45, 2.75) is 38.3 Å². The maximum Gasteiger partial charge on any atom is 0.191 e. The van der Waals surface area contributed by atoms with E-state index in [1.807, 2.05) is 19.1 Å². The lowest BCUT2D eigenvalue weighted by Crippen LogP contribution is -2.40. The van der Waals surface area contributed by atoms with Crippen molar-refractivity contribution in [3.63, 3.8) is 0 Å². The predicted molar refractivity (Wildman–Crippen MR) is 104 cm³/mol. The Morgan fingerprint density at radius 1 is 1.22 bits per heavy atom. The van der Waals surface area contributed by atoms with Crippen molar-refractivity contribution in [2.24, 2.45) is 4.99 Å². The molecule has 1 aliphatic carbocycles. The Morgan fingerprint density at radius 3 is 2.57 bits per heavy atom. The van der Waals surface area contributed by atoms with Crippen molar-refractivity contribution in [1.82, 2.24) is 10.6 Å². The molecule has 3 unspecified atom stereocenters. The predicted octanol–water partition coefficient (Wildman–Crippen LogP) is 3.99. The highest BCUT2D eigenvalue weighted by atomic mass is 127. The van der Waals surface area contributed by atoms with Gasteiger partial charge >= 0.3 is 0 Å². The summed E-state index contributed by atoms with van der Waals surface area (Å²) in [5.74, 6) is 3.26. The number of aliphatic imine (C=N–C) groups is 1. The molecule has 1 aromatic carbocycles. The van der Waals surface area contributed by atoms with Crippen LogP contribution in [0.2, 0.25) is 0 Å². The van der Waals surface area contributed by atoms with Crippen LogP contribution in [0.3, 0.4) is 0 Å². The molecule has 4 nitrogen and oxygen atoms in total. The van der Waals surface area contributed by atoms with Crippen LogP contribution in [-0.2, 0) is 0 Å². The van der Waals surface area contributed by atoms with Crippen LogP contribution >= 0.6 is 24.0 Å². The molecular formula is C18H24IN3O. The second-order valence-electron chi connectivity index (χ2n) is 5.89. The van der Waals surface area contributed by atoms with Gasteiger partial charge in [0.1, 0.15) is 11.5 Å². The van der Waals surface area contributed by atoms with Crippen LogP contribution in [-0.4, -0.2) is 19.0 Å². The lowest BCUT2D eigenvalue weighted by molar-refractivity contribution is 0.441. The van der Waals surface area contributed by atoms with Crippen molar-refractivity contribution in [1.29, 1.82) is 0 Å². The molecule has 3 rings (SSSR count). The fourth-order valence-electron chi connectivity index (χ4n) is 2.73. The summed E-state index contributed by atoms with van der Waals surface area (Å²) in [6.45, 7) is 4.03. The molecule has 5 heteroatoms. The van der Waals surface area contributed by atoms with Crippen LogP contribution in [0.5, 0.6) is 0 Å². The summed E-state index contributed by atoms with van der Waals surface area (Å²) in [5.41, 5.74) is 1.39. The first-order chi connectivity index (χ1) is 10.7. The van der Waals surface area contributed by atoms with Crippen LogP contribution in [0, 0.1) is 6.92 Å². The van der Waals surface area contributed by atoms with Crippen molar-refractivity contribution in [3.8, 4) is 0 Å². The van der Waals surface area contributed by atoms with Gasteiger partial charge in [-0.3, -0.25) is 4.99 Å². The first-order valence-electron chi connectivity index (χ1n) is 7.78. The molecule has 0 bridgehead atoms. The summed E-state index contributed by atoms with van der Waals surface area (Å²) in [5, 5.41) is 6.88. The summed E-state index contributed by atoms with van der Waals surface area (Å²) >= 11 is 0. The Bertz CT molecular complexity index is 653. The smallest absolute Gasteiger partial charge is 0.191 e. The second-order valence-corrected chi connectivity index (χ2v) is 5.89. The molecule has 0 spiro atoms. The van der Waals surface area contributed by atoms with Crippen LogP contribution < -0.4 is 10.6 Å². The van der Waals surface area contributed by atoms with Gasteiger partial charge in [0.2, 0.25) is 0 Å². The van der Waals surface area contributed by atoms with E-state index in [1.165, 1.54) is 5.56 Å². The number of hydrogen-bond acceptors (Lipinski definition) is 2. The molecule has 23 heavy (non-hydrogen) atoms. The Morgan fingerprint density at radius 2 is 1.96 bits per heavy atom. The van der Waals surface area contributed by atoms with Crippen molar-refractivity contribution in [2.75, 3.05) is 7.05 Å². The first kappa shape index (κ1) is 17.8. The van der Waals surface area contributed by atoms with E-state index in [2.05, 4.69) is 52.9 Å². The summed E-state index contributed by atoms with van der Waals surface area (Å²) in [6.07, 6.45) is 1.15. The van der Waals surface area contributed by atoms with Crippen molar-refractivity contribution >= 4 is 29.9 Å². The van der Waals surface area contributed by atoms with Crippen molar-refractivity contribution < 1.29 is 4.42 Å². The minimum absolute atomic E-state index is 0. The van der Waals surface area contributed by atoms with Crippen LogP contribution in [0.25, 0.3) is 0 Å². The van der Waals surface area contributed by atoms with Crippen LogP contribution in [0.1, 0.15) is 42.4 Å². The molecule has 1 aliphatic rings. The van der Waals surface area contributed by atoms with Gasteiger partial charge in [-0.2, -0.15) is 0 Å². The molecule has 1 saturated carbocycles. The van der Waals surface area contributed by atoms with E-state index in [4.69, 9.17) is 4.42 Å². The van der Waals surface area contributed by atoms with E-state index in [9.17, 15) is 0 Å². The highest BCUT2D eigenvalue weighted by Crippen LogP contribution is 2.40. The number of hydrogen-bond donors (Lipinski definition) is 2. The molecule has 1 heterocycles. The fraction of sp³-hybridized carbons (Fsp3) is 0.389. The van der Waals surface area contributed by atoms with Gasteiger partial charge in [-0.15, -0.1) is 24.0 Å². The quantitative estimate of drug-likeness (QED) is 0.443. The van der Waals surface area contributed by atoms with Crippen molar-refractivity contribution in [3.05, 3.63) is 59.5 Å². The van der Waals surface area contributed by atoms with Gasteiger partial charge in [-0.1, -0.05) is 30.3 Å². The summed E-state index contributed by atoms with van der Waals surface area (Å²) in [6, 6.07) is 15.2.